The van der Waals surface area contributed by atoms with Crippen LogP contribution in [0.3, 0.4) is 0 Å². The summed E-state index contributed by atoms with van der Waals surface area (Å²) in [6.07, 6.45) is 12.2. The summed E-state index contributed by atoms with van der Waals surface area (Å²) in [5.74, 6) is 1.36. The highest BCUT2D eigenvalue weighted by molar-refractivity contribution is 5.29. The predicted molar refractivity (Wildman–Crippen MR) is 129 cm³/mol. The minimum atomic E-state index is 0.213. The molecule has 1 heterocycles. The van der Waals surface area contributed by atoms with Crippen LogP contribution in [0.25, 0.3) is 0 Å². The van der Waals surface area contributed by atoms with Crippen LogP contribution in [0.4, 0.5) is 0 Å². The zero-order chi connectivity index (χ0) is 21.8. The average molecular weight is 412 g/mol. The van der Waals surface area contributed by atoms with Crippen molar-refractivity contribution in [1.82, 2.24) is 4.90 Å². The van der Waals surface area contributed by atoms with Gasteiger partial charge in [-0.3, -0.25) is 4.90 Å². The lowest BCUT2D eigenvalue weighted by Gasteiger charge is -2.55. The zero-order valence-corrected chi connectivity index (χ0v) is 20.3. The van der Waals surface area contributed by atoms with Gasteiger partial charge in [-0.2, -0.15) is 0 Å². The first-order valence-corrected chi connectivity index (χ1v) is 12.4. The summed E-state index contributed by atoms with van der Waals surface area (Å²) in [5.41, 5.74) is 3.49. The highest BCUT2D eigenvalue weighted by atomic mass is 16.5. The van der Waals surface area contributed by atoms with Gasteiger partial charge in [0.2, 0.25) is 0 Å². The van der Waals surface area contributed by atoms with Crippen molar-refractivity contribution in [2.75, 3.05) is 13.2 Å². The first-order valence-electron chi connectivity index (χ1n) is 12.4. The SMILES string of the molecule is C=CCCN1C(C)(C)CC(c2ccc(C3CCC(OCCC)CC3)cc2)CC1(C)C. The standard InChI is InChI=1S/C28H45NO/c1-7-9-18-29-27(3,4)20-25(21-28(29,5)6)24-12-10-22(11-13-24)23-14-16-26(17-15-23)30-19-8-2/h7,10-13,23,25-26H,1,8-9,14-21H2,2-6H3. The number of nitrogens with zero attached hydrogens (tertiary/aromatic N) is 1. The van der Waals surface area contributed by atoms with Crippen LogP contribution in [0, 0.1) is 0 Å². The number of rotatable bonds is 8. The molecule has 0 aromatic heterocycles. The first kappa shape index (κ1) is 23.5. The molecular formula is C28H45NO. The summed E-state index contributed by atoms with van der Waals surface area (Å²) < 4.78 is 5.98. The molecule has 168 valence electrons. The second-order valence-corrected chi connectivity index (χ2v) is 11.0. The maximum absolute atomic E-state index is 5.98. The van der Waals surface area contributed by atoms with Crippen molar-refractivity contribution in [2.45, 2.75) is 115 Å². The van der Waals surface area contributed by atoms with Crippen molar-refractivity contribution < 1.29 is 4.74 Å². The van der Waals surface area contributed by atoms with E-state index in [-0.39, 0.29) is 11.1 Å². The van der Waals surface area contributed by atoms with Crippen LogP contribution in [0.15, 0.2) is 36.9 Å². The van der Waals surface area contributed by atoms with Crippen LogP contribution in [-0.2, 0) is 4.74 Å². The lowest BCUT2D eigenvalue weighted by molar-refractivity contribution is -0.0346. The summed E-state index contributed by atoms with van der Waals surface area (Å²) in [5, 5.41) is 0. The minimum absolute atomic E-state index is 0.213. The van der Waals surface area contributed by atoms with E-state index in [2.05, 4.69) is 76.4 Å². The van der Waals surface area contributed by atoms with Gasteiger partial charge in [-0.15, -0.1) is 6.58 Å². The number of hydrogen-bond donors (Lipinski definition) is 0. The van der Waals surface area contributed by atoms with E-state index < -0.39 is 0 Å². The van der Waals surface area contributed by atoms with Gasteiger partial charge in [-0.1, -0.05) is 37.3 Å². The molecule has 0 unspecified atom stereocenters. The van der Waals surface area contributed by atoms with E-state index >= 15 is 0 Å². The van der Waals surface area contributed by atoms with Gasteiger partial charge in [0.25, 0.3) is 0 Å². The molecule has 1 aliphatic carbocycles. The Kier molecular flexibility index (Phi) is 7.85. The summed E-state index contributed by atoms with van der Waals surface area (Å²) in [4.78, 5) is 2.71. The summed E-state index contributed by atoms with van der Waals surface area (Å²) in [7, 11) is 0. The second kappa shape index (κ2) is 10.0. The zero-order valence-electron chi connectivity index (χ0n) is 20.3. The molecule has 1 aliphatic heterocycles. The van der Waals surface area contributed by atoms with E-state index in [1.807, 2.05) is 0 Å². The van der Waals surface area contributed by atoms with E-state index in [4.69, 9.17) is 4.74 Å². The molecule has 0 atom stereocenters. The molecule has 2 aliphatic rings. The van der Waals surface area contributed by atoms with Gasteiger partial charge in [-0.25, -0.2) is 0 Å². The number of ether oxygens (including phenoxy) is 1. The highest BCUT2D eigenvalue weighted by Gasteiger charge is 2.45. The van der Waals surface area contributed by atoms with E-state index in [0.717, 1.165) is 26.0 Å². The van der Waals surface area contributed by atoms with Gasteiger partial charge in [0.1, 0.15) is 0 Å². The Balaban J connectivity index is 1.63. The molecular weight excluding hydrogens is 366 g/mol. The number of hydrogen-bond acceptors (Lipinski definition) is 2. The van der Waals surface area contributed by atoms with Crippen LogP contribution in [0.5, 0.6) is 0 Å². The van der Waals surface area contributed by atoms with Gasteiger partial charge >= 0.3 is 0 Å². The molecule has 1 aromatic carbocycles. The summed E-state index contributed by atoms with van der Waals surface area (Å²) in [6.45, 7) is 17.9. The van der Waals surface area contributed by atoms with Crippen LogP contribution in [-0.4, -0.2) is 35.2 Å². The Bertz CT molecular complexity index is 648. The quantitative estimate of drug-likeness (QED) is 0.412. The molecule has 30 heavy (non-hydrogen) atoms. The fourth-order valence-corrected chi connectivity index (χ4v) is 6.27. The Morgan fingerprint density at radius 2 is 1.47 bits per heavy atom. The van der Waals surface area contributed by atoms with Gasteiger partial charge in [0.15, 0.2) is 0 Å². The predicted octanol–water partition coefficient (Wildman–Crippen LogP) is 7.45. The molecule has 3 rings (SSSR count). The smallest absolute Gasteiger partial charge is 0.0575 e. The molecule has 1 aromatic rings. The molecule has 0 N–H and O–H groups in total. The Labute approximate surface area is 186 Å². The molecule has 0 radical (unpaired) electrons. The maximum atomic E-state index is 5.98. The maximum Gasteiger partial charge on any atom is 0.0575 e. The number of piperidine rings is 1. The largest absolute Gasteiger partial charge is 0.378 e. The first-order chi connectivity index (χ1) is 14.3. The molecule has 1 saturated carbocycles. The van der Waals surface area contributed by atoms with Crippen molar-refractivity contribution >= 4 is 0 Å². The average Bonchev–Trinajstić information content (AvgIpc) is 2.71. The topological polar surface area (TPSA) is 12.5 Å². The fourth-order valence-electron chi connectivity index (χ4n) is 6.27. The lowest BCUT2D eigenvalue weighted by atomic mass is 9.71. The Morgan fingerprint density at radius 1 is 0.933 bits per heavy atom. The van der Waals surface area contributed by atoms with E-state index in [1.165, 1.54) is 49.7 Å². The summed E-state index contributed by atoms with van der Waals surface area (Å²) in [6, 6.07) is 9.73. The third-order valence-corrected chi connectivity index (χ3v) is 7.62. The van der Waals surface area contributed by atoms with Gasteiger partial charge < -0.3 is 4.74 Å². The van der Waals surface area contributed by atoms with Crippen LogP contribution in [0.1, 0.15) is 109 Å². The van der Waals surface area contributed by atoms with Crippen molar-refractivity contribution in [2.24, 2.45) is 0 Å². The van der Waals surface area contributed by atoms with Crippen molar-refractivity contribution in [3.8, 4) is 0 Å². The Morgan fingerprint density at radius 3 is 1.97 bits per heavy atom. The van der Waals surface area contributed by atoms with Crippen molar-refractivity contribution in [1.29, 1.82) is 0 Å². The molecule has 2 fully saturated rings. The molecule has 0 amide bonds. The minimum Gasteiger partial charge on any atom is -0.378 e. The van der Waals surface area contributed by atoms with E-state index in [9.17, 15) is 0 Å². The van der Waals surface area contributed by atoms with Crippen LogP contribution < -0.4 is 0 Å². The van der Waals surface area contributed by atoms with E-state index in [1.54, 1.807) is 0 Å². The molecule has 2 heteroatoms. The lowest BCUT2D eigenvalue weighted by Crippen LogP contribution is -2.60. The Hall–Kier alpha value is -1.12. The fraction of sp³-hybridized carbons (Fsp3) is 0.714. The third-order valence-electron chi connectivity index (χ3n) is 7.62. The van der Waals surface area contributed by atoms with Crippen molar-refractivity contribution in [3.63, 3.8) is 0 Å². The molecule has 1 saturated heterocycles. The third kappa shape index (κ3) is 5.56. The van der Waals surface area contributed by atoms with Crippen LogP contribution in [0.2, 0.25) is 0 Å². The van der Waals surface area contributed by atoms with Gasteiger partial charge in [-0.05, 0) is 102 Å². The van der Waals surface area contributed by atoms with Gasteiger partial charge in [0, 0.05) is 24.2 Å². The normalized spacial score (nSPS) is 27.1. The number of benzene rings is 1. The van der Waals surface area contributed by atoms with Crippen molar-refractivity contribution in [3.05, 3.63) is 48.0 Å². The monoisotopic (exact) mass is 411 g/mol. The summed E-state index contributed by atoms with van der Waals surface area (Å²) >= 11 is 0. The highest BCUT2D eigenvalue weighted by Crippen LogP contribution is 2.46. The second-order valence-electron chi connectivity index (χ2n) is 11.0. The molecule has 0 bridgehead atoms. The molecule has 2 nitrogen and oxygen atoms in total. The number of likely N-dealkylation sites (tertiary alicyclic amines) is 1. The van der Waals surface area contributed by atoms with Gasteiger partial charge in [0.05, 0.1) is 6.10 Å². The van der Waals surface area contributed by atoms with Crippen LogP contribution >= 0.6 is 0 Å². The van der Waals surface area contributed by atoms with E-state index in [0.29, 0.717) is 17.9 Å². The molecule has 0 spiro atoms.